The maximum absolute atomic E-state index is 10.7. The number of ether oxygens (including phenoxy) is 2. The zero-order chi connectivity index (χ0) is 14.0. The molecule has 0 bridgehead atoms. The number of carbonyl (C=O) groups is 1. The number of piperidine rings is 1. The van der Waals surface area contributed by atoms with E-state index in [1.54, 1.807) is 0 Å². The highest BCUT2D eigenvalue weighted by Crippen LogP contribution is 2.37. The van der Waals surface area contributed by atoms with Gasteiger partial charge >= 0.3 is 5.97 Å². The van der Waals surface area contributed by atoms with E-state index in [0.29, 0.717) is 18.6 Å². The summed E-state index contributed by atoms with van der Waals surface area (Å²) in [5.74, 6) is -1.12. The second kappa shape index (κ2) is 5.77. The molecular formula is C14H25NO4. The van der Waals surface area contributed by atoms with E-state index in [4.69, 9.17) is 14.6 Å². The highest BCUT2D eigenvalue weighted by atomic mass is 16.7. The van der Waals surface area contributed by atoms with Crippen LogP contribution in [0.25, 0.3) is 0 Å². The fourth-order valence-corrected chi connectivity index (χ4v) is 3.07. The molecule has 0 aromatic carbocycles. The lowest BCUT2D eigenvalue weighted by Crippen LogP contribution is -2.49. The Balaban J connectivity index is 1.95. The molecule has 5 heteroatoms. The fourth-order valence-electron chi connectivity index (χ4n) is 3.07. The summed E-state index contributed by atoms with van der Waals surface area (Å²) in [5, 5.41) is 8.83. The summed E-state index contributed by atoms with van der Waals surface area (Å²) in [6, 6.07) is 0.530. The third-order valence-electron chi connectivity index (χ3n) is 4.28. The van der Waals surface area contributed by atoms with Crippen LogP contribution in [0.2, 0.25) is 0 Å². The Morgan fingerprint density at radius 3 is 2.89 bits per heavy atom. The van der Waals surface area contributed by atoms with Crippen LogP contribution in [0.3, 0.4) is 0 Å². The lowest BCUT2D eigenvalue weighted by Gasteiger charge is -2.41. The molecule has 0 amide bonds. The number of carboxylic acid groups (broad SMARTS) is 1. The van der Waals surface area contributed by atoms with E-state index in [1.807, 2.05) is 6.92 Å². The van der Waals surface area contributed by atoms with Gasteiger partial charge in [0.25, 0.3) is 0 Å². The first-order valence-corrected chi connectivity index (χ1v) is 7.18. The van der Waals surface area contributed by atoms with Gasteiger partial charge in [-0.05, 0) is 40.2 Å². The molecule has 0 saturated carbocycles. The SMILES string of the molecule is CC(C)N1CCCC(C2(C)OCC(CC(=O)O)O2)C1. The molecule has 2 aliphatic heterocycles. The van der Waals surface area contributed by atoms with Gasteiger partial charge in [0, 0.05) is 18.5 Å². The summed E-state index contributed by atoms with van der Waals surface area (Å²) in [4.78, 5) is 13.2. The van der Waals surface area contributed by atoms with Gasteiger partial charge in [-0.1, -0.05) is 0 Å². The first-order chi connectivity index (χ1) is 8.90. The second-order valence-electron chi connectivity index (χ2n) is 6.09. The van der Waals surface area contributed by atoms with E-state index >= 15 is 0 Å². The number of carboxylic acids is 1. The molecule has 3 atom stereocenters. The minimum atomic E-state index is -0.828. The lowest BCUT2D eigenvalue weighted by molar-refractivity contribution is -0.203. The number of nitrogens with zero attached hydrogens (tertiary/aromatic N) is 1. The first-order valence-electron chi connectivity index (χ1n) is 7.18. The van der Waals surface area contributed by atoms with Gasteiger partial charge in [0.1, 0.15) is 0 Å². The Morgan fingerprint density at radius 2 is 2.26 bits per heavy atom. The number of rotatable bonds is 4. The van der Waals surface area contributed by atoms with Gasteiger partial charge in [-0.25, -0.2) is 0 Å². The van der Waals surface area contributed by atoms with Gasteiger partial charge in [0.2, 0.25) is 0 Å². The number of hydrogen-bond donors (Lipinski definition) is 1. The van der Waals surface area contributed by atoms with Crippen LogP contribution in [0.15, 0.2) is 0 Å². The van der Waals surface area contributed by atoms with Crippen molar-refractivity contribution in [2.45, 2.75) is 58.0 Å². The molecule has 19 heavy (non-hydrogen) atoms. The Kier molecular flexibility index (Phi) is 4.48. The maximum atomic E-state index is 10.7. The molecule has 0 aromatic rings. The van der Waals surface area contributed by atoms with Crippen molar-refractivity contribution in [3.8, 4) is 0 Å². The van der Waals surface area contributed by atoms with Crippen molar-refractivity contribution in [1.29, 1.82) is 0 Å². The highest BCUT2D eigenvalue weighted by Gasteiger charge is 2.45. The second-order valence-corrected chi connectivity index (χ2v) is 6.09. The summed E-state index contributed by atoms with van der Waals surface area (Å²) in [6.45, 7) is 8.85. The molecule has 3 unspecified atom stereocenters. The summed E-state index contributed by atoms with van der Waals surface area (Å²) in [6.07, 6.45) is 1.95. The number of likely N-dealkylation sites (tertiary alicyclic amines) is 1. The summed E-state index contributed by atoms with van der Waals surface area (Å²) >= 11 is 0. The van der Waals surface area contributed by atoms with Crippen LogP contribution in [-0.2, 0) is 14.3 Å². The largest absolute Gasteiger partial charge is 0.481 e. The normalized spacial score (nSPS) is 36.8. The molecule has 2 aliphatic rings. The lowest BCUT2D eigenvalue weighted by atomic mass is 9.90. The van der Waals surface area contributed by atoms with Crippen LogP contribution in [0.5, 0.6) is 0 Å². The van der Waals surface area contributed by atoms with Crippen LogP contribution in [0, 0.1) is 5.92 Å². The van der Waals surface area contributed by atoms with E-state index < -0.39 is 11.8 Å². The van der Waals surface area contributed by atoms with Crippen LogP contribution < -0.4 is 0 Å². The van der Waals surface area contributed by atoms with Gasteiger partial charge in [-0.2, -0.15) is 0 Å². The van der Waals surface area contributed by atoms with Crippen molar-refractivity contribution in [3.63, 3.8) is 0 Å². The van der Waals surface area contributed by atoms with E-state index in [9.17, 15) is 4.79 Å². The van der Waals surface area contributed by atoms with E-state index in [2.05, 4.69) is 18.7 Å². The zero-order valence-corrected chi connectivity index (χ0v) is 12.1. The quantitative estimate of drug-likeness (QED) is 0.843. The third kappa shape index (κ3) is 3.46. The number of hydrogen-bond acceptors (Lipinski definition) is 4. The average molecular weight is 271 g/mol. The van der Waals surface area contributed by atoms with Crippen molar-refractivity contribution in [2.24, 2.45) is 5.92 Å². The van der Waals surface area contributed by atoms with Gasteiger partial charge in [-0.3, -0.25) is 4.79 Å². The topological polar surface area (TPSA) is 59.0 Å². The van der Waals surface area contributed by atoms with Crippen LogP contribution in [-0.4, -0.2) is 53.6 Å². The molecule has 0 spiro atoms. The highest BCUT2D eigenvalue weighted by molar-refractivity contribution is 5.67. The minimum Gasteiger partial charge on any atom is -0.481 e. The monoisotopic (exact) mass is 271 g/mol. The molecule has 2 saturated heterocycles. The Labute approximate surface area is 114 Å². The van der Waals surface area contributed by atoms with Crippen molar-refractivity contribution in [3.05, 3.63) is 0 Å². The summed E-state index contributed by atoms with van der Waals surface area (Å²) in [7, 11) is 0. The summed E-state index contributed by atoms with van der Waals surface area (Å²) < 4.78 is 11.7. The van der Waals surface area contributed by atoms with E-state index in [1.165, 1.54) is 0 Å². The molecule has 0 aromatic heterocycles. The zero-order valence-electron chi connectivity index (χ0n) is 12.1. The van der Waals surface area contributed by atoms with Crippen molar-refractivity contribution in [1.82, 2.24) is 4.90 Å². The fraction of sp³-hybridized carbons (Fsp3) is 0.929. The first kappa shape index (κ1) is 14.8. The van der Waals surface area contributed by atoms with Gasteiger partial charge < -0.3 is 19.5 Å². The predicted octanol–water partition coefficient (Wildman–Crippen LogP) is 1.71. The van der Waals surface area contributed by atoms with E-state index in [0.717, 1.165) is 25.9 Å². The van der Waals surface area contributed by atoms with Crippen LogP contribution in [0.1, 0.15) is 40.0 Å². The Bertz CT molecular complexity index is 333. The molecule has 110 valence electrons. The van der Waals surface area contributed by atoms with Crippen LogP contribution in [0.4, 0.5) is 0 Å². The molecule has 2 heterocycles. The molecule has 5 nitrogen and oxygen atoms in total. The molecule has 1 N–H and O–H groups in total. The van der Waals surface area contributed by atoms with Gasteiger partial charge in [0.05, 0.1) is 19.1 Å². The minimum absolute atomic E-state index is 0.0240. The predicted molar refractivity (Wildman–Crippen MR) is 70.9 cm³/mol. The van der Waals surface area contributed by atoms with Crippen molar-refractivity contribution in [2.75, 3.05) is 19.7 Å². The molecule has 0 radical (unpaired) electrons. The van der Waals surface area contributed by atoms with Crippen LogP contribution >= 0.6 is 0 Å². The molecule has 0 aliphatic carbocycles. The molecule has 2 rings (SSSR count). The van der Waals surface area contributed by atoms with Gasteiger partial charge in [0.15, 0.2) is 5.79 Å². The maximum Gasteiger partial charge on any atom is 0.306 e. The van der Waals surface area contributed by atoms with E-state index in [-0.39, 0.29) is 12.5 Å². The summed E-state index contributed by atoms with van der Waals surface area (Å²) in [5.41, 5.74) is 0. The van der Waals surface area contributed by atoms with Gasteiger partial charge in [-0.15, -0.1) is 0 Å². The van der Waals surface area contributed by atoms with Crippen molar-refractivity contribution < 1.29 is 19.4 Å². The standard InChI is InChI=1S/C14H25NO4/c1-10(2)15-6-4-5-11(8-15)14(3)18-9-12(19-14)7-13(16)17/h10-12H,4-9H2,1-3H3,(H,16,17). The smallest absolute Gasteiger partial charge is 0.306 e. The van der Waals surface area contributed by atoms with Crippen molar-refractivity contribution >= 4 is 5.97 Å². The number of aliphatic carboxylic acids is 1. The Morgan fingerprint density at radius 1 is 1.53 bits per heavy atom. The molecule has 2 fully saturated rings. The molecular weight excluding hydrogens is 246 g/mol. The third-order valence-corrected chi connectivity index (χ3v) is 4.28. The Hall–Kier alpha value is -0.650. The average Bonchev–Trinajstić information content (AvgIpc) is 2.71.